The van der Waals surface area contributed by atoms with E-state index in [1.165, 1.54) is 0 Å². The van der Waals surface area contributed by atoms with Crippen LogP contribution in [0.15, 0.2) is 9.59 Å². The van der Waals surface area contributed by atoms with Crippen LogP contribution in [0.2, 0.25) is 0 Å². The second-order valence-corrected chi connectivity index (χ2v) is 5.41. The van der Waals surface area contributed by atoms with Gasteiger partial charge in [-0.15, -0.1) is 0 Å². The number of nitrogens with one attached hydrogen (secondary N) is 2. The summed E-state index contributed by atoms with van der Waals surface area (Å²) < 4.78 is 1.84. The summed E-state index contributed by atoms with van der Waals surface area (Å²) in [4.78, 5) is 31.9. The van der Waals surface area contributed by atoms with Gasteiger partial charge in [0.25, 0.3) is 5.56 Å². The van der Waals surface area contributed by atoms with Crippen molar-refractivity contribution in [3.63, 3.8) is 0 Å². The van der Waals surface area contributed by atoms with Crippen LogP contribution in [0.25, 0.3) is 11.2 Å². The van der Waals surface area contributed by atoms with Gasteiger partial charge in [-0.05, 0) is 12.3 Å². The molecule has 2 rings (SSSR count). The summed E-state index contributed by atoms with van der Waals surface area (Å²) in [5, 5.41) is 0. The maximum atomic E-state index is 11.8. The van der Waals surface area contributed by atoms with Crippen molar-refractivity contribution < 1.29 is 0 Å². The van der Waals surface area contributed by atoms with Crippen molar-refractivity contribution in [3.05, 3.63) is 26.7 Å². The molecule has 2 heterocycles. The third-order valence-electron chi connectivity index (χ3n) is 2.46. The fourth-order valence-electron chi connectivity index (χ4n) is 1.85. The minimum absolute atomic E-state index is 0. The van der Waals surface area contributed by atoms with Crippen molar-refractivity contribution in [2.75, 3.05) is 0 Å². The summed E-state index contributed by atoms with van der Waals surface area (Å²) in [5.41, 5.74) is -0.116. The molecular weight excluding hydrogens is 243 g/mol. The molecule has 2 aromatic rings. The number of fused-ring (bicyclic) bond motifs is 1. The Morgan fingerprint density at radius 1 is 1.22 bits per heavy atom. The average Bonchev–Trinajstić information content (AvgIpc) is 2.39. The Morgan fingerprint density at radius 2 is 1.83 bits per heavy atom. The molecule has 2 N–H and O–H groups in total. The molecule has 0 bridgehead atoms. The van der Waals surface area contributed by atoms with E-state index >= 15 is 0 Å². The van der Waals surface area contributed by atoms with Gasteiger partial charge >= 0.3 is 35.2 Å². The third-order valence-corrected chi connectivity index (χ3v) is 2.46. The Balaban J connectivity index is 0.00000162. The number of hydrogen-bond acceptors (Lipinski definition) is 3. The zero-order valence-corrected chi connectivity index (χ0v) is 10.4. The van der Waals surface area contributed by atoms with E-state index in [1.54, 1.807) is 0 Å². The molecular formula is C11H17N4NaO2. The Morgan fingerprint density at radius 3 is 2.39 bits per heavy atom. The second kappa shape index (κ2) is 5.03. The second-order valence-electron chi connectivity index (χ2n) is 5.41. The minimum atomic E-state index is -0.525. The monoisotopic (exact) mass is 260 g/mol. The Kier molecular flexibility index (Phi) is 4.25. The van der Waals surface area contributed by atoms with Crippen LogP contribution in [0, 0.1) is 12.3 Å². The maximum absolute atomic E-state index is 11.8. The van der Waals surface area contributed by atoms with E-state index < -0.39 is 11.2 Å². The first kappa shape index (κ1) is 15.2. The van der Waals surface area contributed by atoms with Crippen LogP contribution in [-0.4, -0.2) is 49.1 Å². The van der Waals surface area contributed by atoms with E-state index in [0.717, 1.165) is 5.82 Å². The van der Waals surface area contributed by atoms with Crippen molar-refractivity contribution >= 4 is 40.7 Å². The SMILES string of the molecule is Cc1nc2[nH]c(=O)[nH]c(=O)c2n1CC(C)(C)C.[NaH]. The Hall–Kier alpha value is -0.850. The van der Waals surface area contributed by atoms with Gasteiger partial charge in [0.1, 0.15) is 5.82 Å². The Labute approximate surface area is 126 Å². The van der Waals surface area contributed by atoms with E-state index in [0.29, 0.717) is 17.7 Å². The van der Waals surface area contributed by atoms with Gasteiger partial charge in [-0.3, -0.25) is 14.8 Å². The van der Waals surface area contributed by atoms with Gasteiger partial charge in [0, 0.05) is 6.54 Å². The van der Waals surface area contributed by atoms with Gasteiger partial charge in [-0.1, -0.05) is 20.8 Å². The van der Waals surface area contributed by atoms with Crippen LogP contribution in [0.4, 0.5) is 0 Å². The van der Waals surface area contributed by atoms with Crippen molar-refractivity contribution in [2.45, 2.75) is 34.2 Å². The summed E-state index contributed by atoms with van der Waals surface area (Å²) in [6, 6.07) is 0. The number of aryl methyl sites for hydroxylation is 1. The standard InChI is InChI=1S/C11H16N4O2.Na.H/c1-6-12-8-7(9(16)14-10(17)13-8)15(6)5-11(2,3)4;;/h5H2,1-4H3,(H2,13,14,16,17);;. The first-order chi connectivity index (χ1) is 7.78. The molecule has 0 atom stereocenters. The molecule has 0 aliphatic carbocycles. The van der Waals surface area contributed by atoms with E-state index in [2.05, 4.69) is 35.7 Å². The number of H-pyrrole nitrogens is 2. The molecule has 0 fully saturated rings. The van der Waals surface area contributed by atoms with Crippen LogP contribution < -0.4 is 11.2 Å². The zero-order valence-electron chi connectivity index (χ0n) is 10.4. The van der Waals surface area contributed by atoms with Crippen molar-refractivity contribution in [3.8, 4) is 0 Å². The molecule has 7 heteroatoms. The molecule has 94 valence electrons. The van der Waals surface area contributed by atoms with Crippen LogP contribution in [0.1, 0.15) is 26.6 Å². The number of rotatable bonds is 1. The summed E-state index contributed by atoms with van der Waals surface area (Å²) in [6.45, 7) is 8.74. The van der Waals surface area contributed by atoms with E-state index in [9.17, 15) is 9.59 Å². The third kappa shape index (κ3) is 2.93. The van der Waals surface area contributed by atoms with Crippen LogP contribution in [0.3, 0.4) is 0 Å². The number of nitrogens with zero attached hydrogens (tertiary/aromatic N) is 2. The molecule has 0 spiro atoms. The topological polar surface area (TPSA) is 83.5 Å². The molecule has 0 saturated carbocycles. The predicted octanol–water partition coefficient (Wildman–Crippen LogP) is 0.119. The molecule has 18 heavy (non-hydrogen) atoms. The molecule has 0 radical (unpaired) electrons. The van der Waals surface area contributed by atoms with Gasteiger partial charge in [-0.2, -0.15) is 0 Å². The van der Waals surface area contributed by atoms with E-state index in [-0.39, 0.29) is 35.0 Å². The Bertz CT molecular complexity index is 675. The number of imidazole rings is 1. The zero-order chi connectivity index (χ0) is 12.8. The molecule has 0 amide bonds. The molecule has 2 aromatic heterocycles. The average molecular weight is 260 g/mol. The first-order valence-corrected chi connectivity index (χ1v) is 5.47. The molecule has 0 unspecified atom stereocenters. The molecule has 6 nitrogen and oxygen atoms in total. The molecule has 0 aliphatic rings. The van der Waals surface area contributed by atoms with Gasteiger partial charge in [-0.25, -0.2) is 9.78 Å². The number of aromatic nitrogens is 4. The van der Waals surface area contributed by atoms with Gasteiger partial charge in [0.2, 0.25) is 0 Å². The number of aromatic amines is 2. The normalized spacial score (nSPS) is 11.6. The summed E-state index contributed by atoms with van der Waals surface area (Å²) in [5.74, 6) is 0.724. The fourth-order valence-corrected chi connectivity index (χ4v) is 1.85. The molecule has 0 saturated heterocycles. The van der Waals surface area contributed by atoms with Crippen LogP contribution in [-0.2, 0) is 6.54 Å². The first-order valence-electron chi connectivity index (χ1n) is 5.47. The van der Waals surface area contributed by atoms with E-state index in [4.69, 9.17) is 0 Å². The predicted molar refractivity (Wildman–Crippen MR) is 72.3 cm³/mol. The fraction of sp³-hybridized carbons (Fsp3) is 0.545. The van der Waals surface area contributed by atoms with Crippen LogP contribution in [0.5, 0.6) is 0 Å². The van der Waals surface area contributed by atoms with Gasteiger partial charge < -0.3 is 4.57 Å². The molecule has 0 aliphatic heterocycles. The molecule has 0 aromatic carbocycles. The summed E-state index contributed by atoms with van der Waals surface area (Å²) in [7, 11) is 0. The van der Waals surface area contributed by atoms with E-state index in [1.807, 2.05) is 11.5 Å². The quantitative estimate of drug-likeness (QED) is 0.714. The number of hydrogen-bond donors (Lipinski definition) is 2. The van der Waals surface area contributed by atoms with Crippen molar-refractivity contribution in [1.29, 1.82) is 0 Å². The summed E-state index contributed by atoms with van der Waals surface area (Å²) >= 11 is 0. The van der Waals surface area contributed by atoms with Gasteiger partial charge in [0.05, 0.1) is 0 Å². The van der Waals surface area contributed by atoms with Crippen molar-refractivity contribution in [2.24, 2.45) is 5.41 Å². The van der Waals surface area contributed by atoms with Gasteiger partial charge in [0.15, 0.2) is 11.2 Å². The van der Waals surface area contributed by atoms with Crippen molar-refractivity contribution in [1.82, 2.24) is 19.5 Å². The summed E-state index contributed by atoms with van der Waals surface area (Å²) in [6.07, 6.45) is 0. The van der Waals surface area contributed by atoms with Crippen LogP contribution >= 0.6 is 0 Å².